The van der Waals surface area contributed by atoms with E-state index >= 15 is 0 Å². The van der Waals surface area contributed by atoms with Crippen LogP contribution in [0.4, 0.5) is 0 Å². The van der Waals surface area contributed by atoms with Crippen LogP contribution in [-0.2, 0) is 14.3 Å². The highest BCUT2D eigenvalue weighted by molar-refractivity contribution is 5.87. The zero-order valence-corrected chi connectivity index (χ0v) is 12.1. The second kappa shape index (κ2) is 6.43. The molecule has 0 unspecified atom stereocenters. The standard InChI is InChI=1S/C16H22O5/c17-13(18)15-7-5-3-1-2-4-6-12-21-16(10-8-15,11-9-15)14(19)20/h8-11H,1-7,12H2,(H,17,18)(H,19,20). The highest BCUT2D eigenvalue weighted by atomic mass is 16.5. The average Bonchev–Trinajstić information content (AvgIpc) is 2.49. The second-order valence-corrected chi connectivity index (χ2v) is 5.83. The van der Waals surface area contributed by atoms with Crippen LogP contribution >= 0.6 is 0 Å². The number of rotatable bonds is 2. The third kappa shape index (κ3) is 3.35. The number of carboxylic acid groups (broad SMARTS) is 2. The van der Waals surface area contributed by atoms with Gasteiger partial charge in [-0.3, -0.25) is 4.79 Å². The molecule has 2 heterocycles. The van der Waals surface area contributed by atoms with Crippen molar-refractivity contribution < 1.29 is 24.5 Å². The molecule has 2 N–H and O–H groups in total. The minimum absolute atomic E-state index is 0.362. The van der Waals surface area contributed by atoms with E-state index in [1.165, 1.54) is 24.3 Å². The Labute approximate surface area is 124 Å². The molecule has 2 bridgehead atoms. The molecule has 0 radical (unpaired) electrons. The average molecular weight is 294 g/mol. The van der Waals surface area contributed by atoms with Crippen LogP contribution in [0.1, 0.15) is 44.9 Å². The summed E-state index contributed by atoms with van der Waals surface area (Å²) in [4.78, 5) is 23.1. The molecule has 0 saturated heterocycles. The third-order valence-corrected chi connectivity index (χ3v) is 4.31. The number of hydrogen-bond acceptors (Lipinski definition) is 3. The van der Waals surface area contributed by atoms with Crippen molar-refractivity contribution in [3.63, 3.8) is 0 Å². The Hall–Kier alpha value is -1.62. The summed E-state index contributed by atoms with van der Waals surface area (Å²) >= 11 is 0. The van der Waals surface area contributed by atoms with Gasteiger partial charge in [-0.05, 0) is 25.0 Å². The fraction of sp³-hybridized carbons (Fsp3) is 0.625. The van der Waals surface area contributed by atoms with Gasteiger partial charge in [0.1, 0.15) is 5.41 Å². The molecule has 116 valence electrons. The van der Waals surface area contributed by atoms with Gasteiger partial charge in [-0.25, -0.2) is 4.79 Å². The maximum absolute atomic E-state index is 11.6. The Morgan fingerprint density at radius 2 is 1.38 bits per heavy atom. The van der Waals surface area contributed by atoms with Crippen molar-refractivity contribution >= 4 is 11.9 Å². The molecular weight excluding hydrogens is 272 g/mol. The van der Waals surface area contributed by atoms with Gasteiger partial charge < -0.3 is 14.9 Å². The summed E-state index contributed by atoms with van der Waals surface area (Å²) in [6, 6.07) is 0. The van der Waals surface area contributed by atoms with E-state index in [-0.39, 0.29) is 0 Å². The SMILES string of the molecule is O=C(O)C12C=CC(C(=O)O)(C=C1)OCCCCCCCC2. The van der Waals surface area contributed by atoms with Crippen LogP contribution in [0.3, 0.4) is 0 Å². The predicted octanol–water partition coefficient (Wildman–Crippen LogP) is 2.77. The van der Waals surface area contributed by atoms with Gasteiger partial charge in [0.15, 0.2) is 0 Å². The number of hydrogen-bond donors (Lipinski definition) is 2. The van der Waals surface area contributed by atoms with Gasteiger partial charge >= 0.3 is 11.9 Å². The second-order valence-electron chi connectivity index (χ2n) is 5.83. The van der Waals surface area contributed by atoms with Crippen molar-refractivity contribution in [1.82, 2.24) is 0 Å². The monoisotopic (exact) mass is 294 g/mol. The molecule has 0 aromatic carbocycles. The molecule has 1 aliphatic carbocycles. The van der Waals surface area contributed by atoms with E-state index in [9.17, 15) is 19.8 Å². The molecular formula is C16H22O5. The maximum atomic E-state index is 11.6. The number of ether oxygens (including phenoxy) is 1. The Balaban J connectivity index is 2.28. The van der Waals surface area contributed by atoms with Gasteiger partial charge in [-0.2, -0.15) is 0 Å². The highest BCUT2D eigenvalue weighted by Gasteiger charge is 2.43. The zero-order chi connectivity index (χ0) is 15.3. The number of aliphatic carboxylic acids is 2. The number of fused-ring (bicyclic) bond motifs is 8. The fourth-order valence-corrected chi connectivity index (χ4v) is 2.84. The van der Waals surface area contributed by atoms with Crippen LogP contribution in [0.2, 0.25) is 0 Å². The summed E-state index contributed by atoms with van der Waals surface area (Å²) in [5, 5.41) is 18.9. The first kappa shape index (κ1) is 15.8. The minimum atomic E-state index is -1.52. The highest BCUT2D eigenvalue weighted by Crippen LogP contribution is 2.36. The topological polar surface area (TPSA) is 83.8 Å². The zero-order valence-electron chi connectivity index (χ0n) is 12.1. The molecule has 0 aromatic heterocycles. The van der Waals surface area contributed by atoms with Gasteiger partial charge in [0.2, 0.25) is 5.60 Å². The molecule has 3 aliphatic rings. The molecule has 3 rings (SSSR count). The lowest BCUT2D eigenvalue weighted by Gasteiger charge is -2.32. The van der Waals surface area contributed by atoms with E-state index in [1.54, 1.807) is 0 Å². The van der Waals surface area contributed by atoms with Crippen LogP contribution in [0.15, 0.2) is 24.3 Å². The van der Waals surface area contributed by atoms with E-state index in [2.05, 4.69) is 0 Å². The van der Waals surface area contributed by atoms with Crippen molar-refractivity contribution in [1.29, 1.82) is 0 Å². The largest absolute Gasteiger partial charge is 0.480 e. The fourth-order valence-electron chi connectivity index (χ4n) is 2.84. The summed E-state index contributed by atoms with van der Waals surface area (Å²) in [7, 11) is 0. The van der Waals surface area contributed by atoms with Gasteiger partial charge in [-0.1, -0.05) is 44.3 Å². The van der Waals surface area contributed by atoms with Gasteiger partial charge in [0.25, 0.3) is 0 Å². The van der Waals surface area contributed by atoms with Crippen LogP contribution in [0, 0.1) is 5.41 Å². The van der Waals surface area contributed by atoms with Gasteiger partial charge in [0, 0.05) is 6.61 Å². The van der Waals surface area contributed by atoms with Crippen LogP contribution in [0.25, 0.3) is 0 Å². The van der Waals surface area contributed by atoms with E-state index in [0.29, 0.717) is 13.0 Å². The van der Waals surface area contributed by atoms with Crippen LogP contribution < -0.4 is 0 Å². The van der Waals surface area contributed by atoms with Gasteiger partial charge in [-0.15, -0.1) is 0 Å². The third-order valence-electron chi connectivity index (χ3n) is 4.31. The summed E-state index contributed by atoms with van der Waals surface area (Å²) in [6.45, 7) is 0.362. The Bertz CT molecular complexity index is 409. The molecule has 2 aliphatic heterocycles. The molecule has 5 nitrogen and oxygen atoms in total. The summed E-state index contributed by atoms with van der Waals surface area (Å²) in [6.07, 6.45) is 12.0. The van der Waals surface area contributed by atoms with Crippen LogP contribution in [0.5, 0.6) is 0 Å². The smallest absolute Gasteiger partial charge is 0.344 e. The molecule has 0 fully saturated rings. The van der Waals surface area contributed by atoms with Gasteiger partial charge in [0.05, 0.1) is 0 Å². The molecule has 0 atom stereocenters. The first-order valence-corrected chi connectivity index (χ1v) is 7.52. The Morgan fingerprint density at radius 1 is 0.810 bits per heavy atom. The van der Waals surface area contributed by atoms with E-state index in [0.717, 1.165) is 38.5 Å². The van der Waals surface area contributed by atoms with Crippen molar-refractivity contribution in [2.45, 2.75) is 50.5 Å². The van der Waals surface area contributed by atoms with E-state index in [1.807, 2.05) is 0 Å². The first-order chi connectivity index (χ1) is 10.0. The first-order valence-electron chi connectivity index (χ1n) is 7.52. The van der Waals surface area contributed by atoms with E-state index in [4.69, 9.17) is 4.74 Å². The predicted molar refractivity (Wildman–Crippen MR) is 77.0 cm³/mol. The molecule has 0 aromatic rings. The number of carbonyl (C=O) groups is 2. The summed E-state index contributed by atoms with van der Waals surface area (Å²) < 4.78 is 5.55. The normalized spacial score (nSPS) is 33.7. The molecule has 0 amide bonds. The van der Waals surface area contributed by atoms with Crippen molar-refractivity contribution in [3.8, 4) is 0 Å². The van der Waals surface area contributed by atoms with Crippen molar-refractivity contribution in [2.75, 3.05) is 6.61 Å². The molecule has 0 saturated carbocycles. The lowest BCUT2D eigenvalue weighted by molar-refractivity contribution is -0.155. The lowest BCUT2D eigenvalue weighted by atomic mass is 9.76. The molecule has 5 heteroatoms. The summed E-state index contributed by atoms with van der Waals surface area (Å²) in [5.41, 5.74) is -2.62. The minimum Gasteiger partial charge on any atom is -0.480 e. The number of carboxylic acids is 2. The maximum Gasteiger partial charge on any atom is 0.344 e. The Kier molecular flexibility index (Phi) is 4.83. The van der Waals surface area contributed by atoms with Crippen molar-refractivity contribution in [3.05, 3.63) is 24.3 Å². The summed E-state index contributed by atoms with van der Waals surface area (Å²) in [5.74, 6) is -2.05. The Morgan fingerprint density at radius 3 is 1.95 bits per heavy atom. The lowest BCUT2D eigenvalue weighted by Crippen LogP contribution is -2.42. The molecule has 0 spiro atoms. The molecule has 21 heavy (non-hydrogen) atoms. The van der Waals surface area contributed by atoms with Crippen molar-refractivity contribution in [2.24, 2.45) is 5.41 Å². The van der Waals surface area contributed by atoms with Crippen LogP contribution in [-0.4, -0.2) is 34.4 Å². The van der Waals surface area contributed by atoms with E-state index < -0.39 is 23.0 Å². The quantitative estimate of drug-likeness (QED) is 0.765.